The lowest BCUT2D eigenvalue weighted by Crippen LogP contribution is -2.62. The van der Waals surface area contributed by atoms with Crippen LogP contribution in [0.4, 0.5) is 0 Å². The van der Waals surface area contributed by atoms with Crippen LogP contribution in [0.2, 0.25) is 0 Å². The number of aliphatic hydroxyl groups is 6. The first-order valence-corrected chi connectivity index (χ1v) is 13.2. The van der Waals surface area contributed by atoms with Gasteiger partial charge in [-0.15, -0.1) is 0 Å². The Kier molecular flexibility index (Phi) is 6.22. The summed E-state index contributed by atoms with van der Waals surface area (Å²) in [6.07, 6.45) is 0.692. The third-order valence-electron chi connectivity index (χ3n) is 11.0. The summed E-state index contributed by atoms with van der Waals surface area (Å²) in [5, 5.41) is 62.2. The van der Waals surface area contributed by atoms with E-state index < -0.39 is 42.9 Å². The lowest BCUT2D eigenvalue weighted by Gasteiger charge is -2.65. The Bertz CT molecular complexity index is 774. The molecule has 0 aromatic rings. The SMILES string of the molecule is C[C@@]1(CO)C[C@@H](O[C@H]2O[C@H](CO)[C@@H](O)[C@@H](O)[C@H]2O)C[C@@]2(C)[C@@H]3CC[C@@H]4C[C@@]3(CC[C@@H]12)C[C@@]4(C)O. The molecular weight excluding hydrogens is 440 g/mol. The molecule has 4 aliphatic carbocycles. The third kappa shape index (κ3) is 3.63. The number of hydrogen-bond acceptors (Lipinski definition) is 8. The van der Waals surface area contributed by atoms with E-state index in [9.17, 15) is 30.6 Å². The summed E-state index contributed by atoms with van der Waals surface area (Å²) in [4.78, 5) is 0. The molecule has 13 atom stereocenters. The Morgan fingerprint density at radius 3 is 2.29 bits per heavy atom. The molecule has 1 saturated heterocycles. The highest BCUT2D eigenvalue weighted by molar-refractivity contribution is 5.17. The maximum absolute atomic E-state index is 11.1. The van der Waals surface area contributed by atoms with E-state index in [1.165, 1.54) is 0 Å². The van der Waals surface area contributed by atoms with Gasteiger partial charge in [-0.2, -0.15) is 0 Å². The zero-order chi connectivity index (χ0) is 24.7. The molecule has 0 unspecified atom stereocenters. The molecule has 1 spiro atoms. The van der Waals surface area contributed by atoms with Crippen molar-refractivity contribution in [2.45, 2.75) is 115 Å². The molecule has 8 heteroatoms. The van der Waals surface area contributed by atoms with E-state index in [4.69, 9.17) is 9.47 Å². The maximum Gasteiger partial charge on any atom is 0.186 e. The number of hydrogen-bond donors (Lipinski definition) is 6. The Hall–Kier alpha value is -0.320. The van der Waals surface area contributed by atoms with Crippen LogP contribution in [-0.4, -0.2) is 86.3 Å². The number of ether oxygens (including phenoxy) is 2. The van der Waals surface area contributed by atoms with E-state index in [2.05, 4.69) is 13.8 Å². The average molecular weight is 485 g/mol. The maximum atomic E-state index is 11.1. The first-order valence-electron chi connectivity index (χ1n) is 13.2. The van der Waals surface area contributed by atoms with Crippen LogP contribution in [0.1, 0.15) is 72.1 Å². The first kappa shape index (κ1) is 25.3. The summed E-state index contributed by atoms with van der Waals surface area (Å²) < 4.78 is 11.9. The van der Waals surface area contributed by atoms with Crippen molar-refractivity contribution >= 4 is 0 Å². The zero-order valence-corrected chi connectivity index (χ0v) is 20.8. The summed E-state index contributed by atoms with van der Waals surface area (Å²) in [6, 6.07) is 0. The van der Waals surface area contributed by atoms with Crippen molar-refractivity contribution in [1.29, 1.82) is 0 Å². The van der Waals surface area contributed by atoms with E-state index in [1.807, 2.05) is 6.92 Å². The van der Waals surface area contributed by atoms with Crippen LogP contribution < -0.4 is 0 Å². The zero-order valence-electron chi connectivity index (χ0n) is 20.8. The second-order valence-electron chi connectivity index (χ2n) is 13.2. The summed E-state index contributed by atoms with van der Waals surface area (Å²) >= 11 is 0. The van der Waals surface area contributed by atoms with Gasteiger partial charge in [-0.25, -0.2) is 0 Å². The van der Waals surface area contributed by atoms with Gasteiger partial charge in [0.25, 0.3) is 0 Å². The van der Waals surface area contributed by atoms with Crippen LogP contribution in [0.15, 0.2) is 0 Å². The van der Waals surface area contributed by atoms with Gasteiger partial charge in [-0.1, -0.05) is 13.8 Å². The van der Waals surface area contributed by atoms with Gasteiger partial charge in [-0.05, 0) is 92.3 Å². The Morgan fingerprint density at radius 2 is 1.62 bits per heavy atom. The molecule has 2 bridgehead atoms. The van der Waals surface area contributed by atoms with Crippen LogP contribution in [0, 0.1) is 34.0 Å². The molecule has 5 fully saturated rings. The molecule has 5 aliphatic rings. The quantitative estimate of drug-likeness (QED) is 0.324. The summed E-state index contributed by atoms with van der Waals surface area (Å²) in [6.45, 7) is 6.03. The molecule has 1 aliphatic heterocycles. The van der Waals surface area contributed by atoms with E-state index >= 15 is 0 Å². The lowest BCUT2D eigenvalue weighted by molar-refractivity contribution is -0.323. The normalized spacial score (nSPS) is 59.4. The lowest BCUT2D eigenvalue weighted by atomic mass is 9.40. The molecule has 0 amide bonds. The highest BCUT2D eigenvalue weighted by Gasteiger charge is 2.67. The van der Waals surface area contributed by atoms with Gasteiger partial charge in [0.2, 0.25) is 0 Å². The summed E-state index contributed by atoms with van der Waals surface area (Å²) in [5.41, 5.74) is -0.943. The van der Waals surface area contributed by atoms with Crippen molar-refractivity contribution in [2.24, 2.45) is 34.0 Å². The van der Waals surface area contributed by atoms with E-state index in [1.54, 1.807) is 0 Å². The van der Waals surface area contributed by atoms with Gasteiger partial charge in [0.15, 0.2) is 6.29 Å². The molecule has 34 heavy (non-hydrogen) atoms. The van der Waals surface area contributed by atoms with E-state index in [-0.39, 0.29) is 29.0 Å². The van der Waals surface area contributed by atoms with Gasteiger partial charge < -0.3 is 40.1 Å². The molecule has 1 heterocycles. The summed E-state index contributed by atoms with van der Waals surface area (Å²) in [5.74, 6) is 1.12. The minimum Gasteiger partial charge on any atom is -0.396 e. The monoisotopic (exact) mass is 484 g/mol. The molecule has 0 aromatic carbocycles. The summed E-state index contributed by atoms with van der Waals surface area (Å²) in [7, 11) is 0. The minimum absolute atomic E-state index is 0.0435. The molecule has 0 aromatic heterocycles. The fourth-order valence-electron chi connectivity index (χ4n) is 9.69. The van der Waals surface area contributed by atoms with Gasteiger partial charge in [-0.3, -0.25) is 0 Å². The first-order chi connectivity index (χ1) is 15.9. The molecule has 8 nitrogen and oxygen atoms in total. The molecule has 0 radical (unpaired) electrons. The number of fused-ring (bicyclic) bond motifs is 3. The number of aliphatic hydroxyl groups excluding tert-OH is 5. The van der Waals surface area contributed by atoms with Crippen molar-refractivity contribution < 1.29 is 40.1 Å². The Morgan fingerprint density at radius 1 is 0.882 bits per heavy atom. The Labute approximate surface area is 202 Å². The highest BCUT2D eigenvalue weighted by atomic mass is 16.7. The number of rotatable bonds is 4. The third-order valence-corrected chi connectivity index (χ3v) is 11.0. The molecular formula is C26H44O8. The van der Waals surface area contributed by atoms with Crippen LogP contribution in [0.3, 0.4) is 0 Å². The molecule has 196 valence electrons. The standard InChI is InChI=1S/C26H44O8/c1-23(13-28)9-15(33-22-21(31)20(30)19(29)16(11-27)34-22)10-24(2)17(23)6-7-26-8-14(4-5-18(24)26)25(3,32)12-26/h14-22,27-32H,4-13H2,1-3H3/t14-,15-,16-,17+,18+,19-,20-,21-,22+,23+,24-,25-,26+/m1/s1. The predicted octanol–water partition coefficient (Wildman–Crippen LogP) is 0.938. The molecule has 6 N–H and O–H groups in total. The van der Waals surface area contributed by atoms with Crippen molar-refractivity contribution in [2.75, 3.05) is 13.2 Å². The topological polar surface area (TPSA) is 140 Å². The minimum atomic E-state index is -1.47. The van der Waals surface area contributed by atoms with Crippen molar-refractivity contribution in [3.05, 3.63) is 0 Å². The van der Waals surface area contributed by atoms with Crippen molar-refractivity contribution in [1.82, 2.24) is 0 Å². The molecule has 4 saturated carbocycles. The van der Waals surface area contributed by atoms with Crippen LogP contribution in [0.5, 0.6) is 0 Å². The second-order valence-corrected chi connectivity index (χ2v) is 13.2. The molecule has 5 rings (SSSR count). The van der Waals surface area contributed by atoms with E-state index in [0.717, 1.165) is 44.9 Å². The smallest absolute Gasteiger partial charge is 0.186 e. The van der Waals surface area contributed by atoms with Gasteiger partial charge in [0, 0.05) is 6.61 Å². The van der Waals surface area contributed by atoms with Crippen LogP contribution in [-0.2, 0) is 9.47 Å². The van der Waals surface area contributed by atoms with Gasteiger partial charge >= 0.3 is 0 Å². The van der Waals surface area contributed by atoms with Crippen molar-refractivity contribution in [3.63, 3.8) is 0 Å². The predicted molar refractivity (Wildman–Crippen MR) is 122 cm³/mol. The van der Waals surface area contributed by atoms with Crippen LogP contribution in [0.25, 0.3) is 0 Å². The second kappa shape index (κ2) is 8.35. The largest absolute Gasteiger partial charge is 0.396 e. The fourth-order valence-corrected chi connectivity index (χ4v) is 9.69. The Balaban J connectivity index is 1.42. The van der Waals surface area contributed by atoms with Crippen molar-refractivity contribution in [3.8, 4) is 0 Å². The van der Waals surface area contributed by atoms with E-state index in [0.29, 0.717) is 24.2 Å². The average Bonchev–Trinajstić information content (AvgIpc) is 2.96. The van der Waals surface area contributed by atoms with Gasteiger partial charge in [0.1, 0.15) is 24.4 Å². The fraction of sp³-hybridized carbons (Fsp3) is 1.00. The highest BCUT2D eigenvalue weighted by Crippen LogP contribution is 2.73. The van der Waals surface area contributed by atoms with Gasteiger partial charge in [0.05, 0.1) is 18.3 Å². The van der Waals surface area contributed by atoms with Crippen LogP contribution >= 0.6 is 0 Å².